The molecule has 30 heavy (non-hydrogen) atoms. The monoisotopic (exact) mass is 448 g/mol. The third kappa shape index (κ3) is 10.7. The number of aromatic nitrogens is 2. The van der Waals surface area contributed by atoms with Crippen molar-refractivity contribution in [2.75, 3.05) is 32.4 Å². The molecule has 0 aliphatic heterocycles. The zero-order valence-corrected chi connectivity index (χ0v) is 21.5. The van der Waals surface area contributed by atoms with Crippen molar-refractivity contribution in [2.45, 2.75) is 39.3 Å². The van der Waals surface area contributed by atoms with Crippen molar-refractivity contribution in [3.05, 3.63) is 28.5 Å². The summed E-state index contributed by atoms with van der Waals surface area (Å²) in [6, 6.07) is 0.749. The third-order valence-electron chi connectivity index (χ3n) is 4.02. The number of nitrogens with zero attached hydrogens (tertiary/aromatic N) is 4. The van der Waals surface area contributed by atoms with Crippen molar-refractivity contribution in [1.29, 1.82) is 0 Å². The van der Waals surface area contributed by atoms with E-state index in [9.17, 15) is 14.4 Å². The van der Waals surface area contributed by atoms with Gasteiger partial charge in [-0.25, -0.2) is 4.79 Å². The predicted octanol–water partition coefficient (Wildman–Crippen LogP) is -3.35. The van der Waals surface area contributed by atoms with Crippen LogP contribution in [0.5, 0.6) is 0 Å². The van der Waals surface area contributed by atoms with Gasteiger partial charge in [0.1, 0.15) is 12.4 Å². The van der Waals surface area contributed by atoms with E-state index >= 15 is 0 Å². The summed E-state index contributed by atoms with van der Waals surface area (Å²) < 4.78 is 1.13. The maximum Gasteiger partial charge on any atom is 1.00 e. The number of anilines is 1. The van der Waals surface area contributed by atoms with Crippen LogP contribution in [0.4, 0.5) is 5.82 Å². The number of hydrogen-bond donors (Lipinski definition) is 3. The van der Waals surface area contributed by atoms with Gasteiger partial charge in [0.05, 0.1) is 12.4 Å². The number of aliphatic imine (C=N–C) groups is 1. The van der Waals surface area contributed by atoms with Crippen LogP contribution in [-0.2, 0) is 16.1 Å². The SMILES string of the molecule is CC(C)C(=O)C(CCCN=CN)N(CC[NH-])C(=O)Cn1ccc(N)nc1=O.CN.[K+]. The zero-order valence-electron chi connectivity index (χ0n) is 18.4. The summed E-state index contributed by atoms with van der Waals surface area (Å²) in [7, 11) is 1.50. The van der Waals surface area contributed by atoms with Crippen LogP contribution in [-0.4, -0.2) is 65.2 Å². The van der Waals surface area contributed by atoms with E-state index in [2.05, 4.69) is 15.7 Å². The van der Waals surface area contributed by atoms with Gasteiger partial charge in [-0.2, -0.15) is 4.98 Å². The fraction of sp³-hybridized carbons (Fsp3) is 0.611. The maximum absolute atomic E-state index is 12.8. The normalized spacial score (nSPS) is 11.4. The first kappa shape index (κ1) is 31.0. The molecule has 0 saturated heterocycles. The first-order chi connectivity index (χ1) is 13.8. The number of nitrogens with one attached hydrogen (secondary N) is 1. The van der Waals surface area contributed by atoms with E-state index in [1.807, 2.05) is 0 Å². The first-order valence-electron chi connectivity index (χ1n) is 9.40. The van der Waals surface area contributed by atoms with Gasteiger partial charge in [-0.15, -0.1) is 6.54 Å². The molecule has 0 radical (unpaired) electrons. The predicted molar refractivity (Wildman–Crippen MR) is 114 cm³/mol. The van der Waals surface area contributed by atoms with Crippen molar-refractivity contribution in [1.82, 2.24) is 14.5 Å². The second kappa shape index (κ2) is 17.5. The van der Waals surface area contributed by atoms with Gasteiger partial charge in [0.25, 0.3) is 0 Å². The minimum Gasteiger partial charge on any atom is -0.676 e. The number of rotatable bonds is 11. The number of carbonyl (C=O) groups excluding carboxylic acids is 2. The van der Waals surface area contributed by atoms with Crippen LogP contribution in [0.25, 0.3) is 5.73 Å². The molecule has 1 rings (SSSR count). The van der Waals surface area contributed by atoms with E-state index in [4.69, 9.17) is 17.2 Å². The van der Waals surface area contributed by atoms with Gasteiger partial charge in [0, 0.05) is 25.2 Å². The summed E-state index contributed by atoms with van der Waals surface area (Å²) >= 11 is 0. The number of nitrogens with two attached hydrogens (primary N) is 3. The standard InChI is InChI=1S/C17H28N7O3.CH5N.K/c1-12(2)16(26)13(4-3-7-21-11-19)24(9-6-18)15(25)10-23-8-5-14(20)22-17(23)27;1-2;/h5,8,11-13,18H,3-4,6-7,9-10H2,1-2H3,(H2,19,21)(H2,20,22,27);2H2,1H3;/q-1;;+1. The van der Waals surface area contributed by atoms with Gasteiger partial charge >= 0.3 is 57.1 Å². The summed E-state index contributed by atoms with van der Waals surface area (Å²) in [5.74, 6) is -0.705. The molecule has 0 aromatic carbocycles. The molecule has 0 aliphatic rings. The van der Waals surface area contributed by atoms with Crippen LogP contribution < -0.4 is 74.3 Å². The molecule has 0 saturated carbocycles. The topological polar surface area (TPSA) is 186 Å². The minimum atomic E-state index is -0.673. The van der Waals surface area contributed by atoms with Crippen molar-refractivity contribution < 1.29 is 61.0 Å². The molecular formula is C18H33KN8O3. The Hall–Kier alpha value is -1.15. The molecule has 1 atom stereocenters. The molecule has 0 fully saturated rings. The smallest absolute Gasteiger partial charge is 0.676 e. The van der Waals surface area contributed by atoms with E-state index in [1.165, 1.54) is 30.5 Å². The Morgan fingerprint density at radius 2 is 2.00 bits per heavy atom. The number of amides is 1. The molecular weight excluding hydrogens is 415 g/mol. The molecule has 12 heteroatoms. The Kier molecular flexibility index (Phi) is 18.1. The van der Waals surface area contributed by atoms with Crippen LogP contribution in [0.3, 0.4) is 0 Å². The summed E-state index contributed by atoms with van der Waals surface area (Å²) in [5, 5.41) is 0. The van der Waals surface area contributed by atoms with Crippen LogP contribution in [0.15, 0.2) is 22.1 Å². The molecule has 1 amide bonds. The van der Waals surface area contributed by atoms with Crippen molar-refractivity contribution in [2.24, 2.45) is 22.4 Å². The second-order valence-corrected chi connectivity index (χ2v) is 6.37. The van der Waals surface area contributed by atoms with E-state index < -0.39 is 17.6 Å². The molecule has 1 heterocycles. The van der Waals surface area contributed by atoms with E-state index in [-0.39, 0.29) is 88.5 Å². The van der Waals surface area contributed by atoms with Gasteiger partial charge in [0.15, 0.2) is 5.78 Å². The summed E-state index contributed by atoms with van der Waals surface area (Å²) in [5.41, 5.74) is 22.1. The first-order valence-corrected chi connectivity index (χ1v) is 9.40. The van der Waals surface area contributed by atoms with Gasteiger partial charge in [0.2, 0.25) is 5.91 Å². The molecule has 1 aromatic rings. The third-order valence-corrected chi connectivity index (χ3v) is 4.02. The van der Waals surface area contributed by atoms with Crippen LogP contribution in [0.1, 0.15) is 26.7 Å². The van der Waals surface area contributed by atoms with E-state index in [0.717, 1.165) is 4.57 Å². The molecule has 0 spiro atoms. The van der Waals surface area contributed by atoms with Crippen LogP contribution in [0, 0.1) is 5.92 Å². The fourth-order valence-electron chi connectivity index (χ4n) is 2.66. The maximum atomic E-state index is 12.8. The van der Waals surface area contributed by atoms with Crippen molar-refractivity contribution in [3.63, 3.8) is 0 Å². The van der Waals surface area contributed by atoms with Crippen molar-refractivity contribution in [3.8, 4) is 0 Å². The average molecular weight is 449 g/mol. The molecule has 11 nitrogen and oxygen atoms in total. The zero-order chi connectivity index (χ0) is 22.4. The van der Waals surface area contributed by atoms with Crippen LogP contribution >= 0.6 is 0 Å². The second-order valence-electron chi connectivity index (χ2n) is 6.37. The largest absolute Gasteiger partial charge is 1.00 e. The van der Waals surface area contributed by atoms with Gasteiger partial charge in [-0.1, -0.05) is 13.8 Å². The molecule has 1 unspecified atom stereocenters. The van der Waals surface area contributed by atoms with E-state index in [1.54, 1.807) is 13.8 Å². The quantitative estimate of drug-likeness (QED) is 0.136. The Bertz CT molecular complexity index is 724. The number of nitrogen functional groups attached to an aromatic ring is 1. The van der Waals surface area contributed by atoms with Crippen molar-refractivity contribution >= 4 is 23.8 Å². The Morgan fingerprint density at radius 1 is 1.37 bits per heavy atom. The Morgan fingerprint density at radius 3 is 2.50 bits per heavy atom. The molecule has 7 N–H and O–H groups in total. The number of ketones is 1. The molecule has 0 aliphatic carbocycles. The number of hydrogen-bond acceptors (Lipinski definition) is 7. The fourth-order valence-corrected chi connectivity index (χ4v) is 2.66. The minimum absolute atomic E-state index is 0. The number of carbonyl (C=O) groups is 2. The average Bonchev–Trinajstić information content (AvgIpc) is 2.70. The molecule has 1 aromatic heterocycles. The molecule has 164 valence electrons. The summed E-state index contributed by atoms with van der Waals surface area (Å²) in [4.78, 5) is 46.3. The van der Waals surface area contributed by atoms with E-state index in [0.29, 0.717) is 19.4 Å². The Balaban J connectivity index is 0. The summed E-state index contributed by atoms with van der Waals surface area (Å²) in [6.45, 7) is 3.76. The van der Waals surface area contributed by atoms with Gasteiger partial charge in [-0.3, -0.25) is 19.1 Å². The molecule has 0 bridgehead atoms. The van der Waals surface area contributed by atoms with Crippen LogP contribution in [0.2, 0.25) is 0 Å². The van der Waals surface area contributed by atoms with Gasteiger partial charge in [-0.05, 0) is 26.0 Å². The number of Topliss-reactive ketones (excluding diaryl/α,β-unsaturated/α-hetero) is 1. The Labute approximate surface area is 220 Å². The summed E-state index contributed by atoms with van der Waals surface area (Å²) in [6.07, 6.45) is 3.57. The van der Waals surface area contributed by atoms with Gasteiger partial charge < -0.3 is 27.8 Å².